The zero-order valence-electron chi connectivity index (χ0n) is 14.8. The highest BCUT2D eigenvalue weighted by molar-refractivity contribution is 6.30. The Hall–Kier alpha value is -3.12. The van der Waals surface area contributed by atoms with Crippen LogP contribution in [0.1, 0.15) is 16.1 Å². The number of nitrogens with one attached hydrogen (secondary N) is 2. The first kappa shape index (κ1) is 18.7. The Morgan fingerprint density at radius 1 is 1.04 bits per heavy atom. The molecule has 3 rings (SSSR count). The molecular formula is C20H19ClN4O2. The number of carbonyl (C=O) groups excluding carboxylic acids is 1. The number of benzene rings is 2. The monoisotopic (exact) mass is 382 g/mol. The largest absolute Gasteiger partial charge is 0.496 e. The third-order valence-electron chi connectivity index (χ3n) is 3.89. The molecule has 0 radical (unpaired) electrons. The quantitative estimate of drug-likeness (QED) is 0.649. The van der Waals surface area contributed by atoms with Crippen LogP contribution < -0.4 is 15.4 Å². The molecule has 1 amide bonds. The van der Waals surface area contributed by atoms with E-state index in [-0.39, 0.29) is 11.6 Å². The summed E-state index contributed by atoms with van der Waals surface area (Å²) in [7, 11) is 1.63. The lowest BCUT2D eigenvalue weighted by atomic mass is 10.1. The van der Waals surface area contributed by atoms with E-state index in [0.29, 0.717) is 23.8 Å². The van der Waals surface area contributed by atoms with Crippen molar-refractivity contribution in [1.29, 1.82) is 0 Å². The van der Waals surface area contributed by atoms with Crippen molar-refractivity contribution in [2.24, 2.45) is 0 Å². The molecule has 27 heavy (non-hydrogen) atoms. The van der Waals surface area contributed by atoms with Crippen LogP contribution in [0, 0.1) is 0 Å². The normalized spacial score (nSPS) is 10.3. The molecule has 0 fully saturated rings. The van der Waals surface area contributed by atoms with Gasteiger partial charge in [-0.25, -0.2) is 0 Å². The number of methoxy groups -OCH3 is 1. The predicted molar refractivity (Wildman–Crippen MR) is 106 cm³/mol. The van der Waals surface area contributed by atoms with E-state index >= 15 is 0 Å². The zero-order valence-corrected chi connectivity index (χ0v) is 15.5. The second-order valence-corrected chi connectivity index (χ2v) is 6.19. The van der Waals surface area contributed by atoms with Crippen LogP contribution in [-0.2, 0) is 6.42 Å². The summed E-state index contributed by atoms with van der Waals surface area (Å²) in [5, 5.41) is 14.6. The molecule has 0 saturated heterocycles. The Bertz CT molecular complexity index is 899. The lowest BCUT2D eigenvalue weighted by Crippen LogP contribution is -2.26. The highest BCUT2D eigenvalue weighted by Crippen LogP contribution is 2.18. The van der Waals surface area contributed by atoms with Crippen LogP contribution in [-0.4, -0.2) is 29.8 Å². The fraction of sp³-hybridized carbons (Fsp3) is 0.150. The summed E-state index contributed by atoms with van der Waals surface area (Å²) in [5.41, 5.74) is 2.13. The summed E-state index contributed by atoms with van der Waals surface area (Å²) in [6, 6.07) is 18.3. The Morgan fingerprint density at radius 2 is 1.81 bits per heavy atom. The molecule has 7 heteroatoms. The SMILES string of the molecule is COc1ccccc1CCNC(=O)c1ccc(Nc2ccc(Cl)cc2)nn1. The summed E-state index contributed by atoms with van der Waals surface area (Å²) < 4.78 is 5.31. The number of halogens is 1. The van der Waals surface area contributed by atoms with E-state index in [0.717, 1.165) is 17.0 Å². The number of rotatable bonds is 7. The van der Waals surface area contributed by atoms with Gasteiger partial charge in [0.15, 0.2) is 11.5 Å². The van der Waals surface area contributed by atoms with Crippen molar-refractivity contribution >= 4 is 29.0 Å². The number of amides is 1. The molecule has 0 aliphatic rings. The van der Waals surface area contributed by atoms with Gasteiger partial charge in [0.1, 0.15) is 5.75 Å². The zero-order chi connectivity index (χ0) is 19.1. The molecule has 0 saturated carbocycles. The number of para-hydroxylation sites is 1. The molecule has 2 aromatic carbocycles. The average Bonchev–Trinajstić information content (AvgIpc) is 2.70. The maximum Gasteiger partial charge on any atom is 0.271 e. The van der Waals surface area contributed by atoms with E-state index in [2.05, 4.69) is 20.8 Å². The fourth-order valence-corrected chi connectivity index (χ4v) is 2.64. The summed E-state index contributed by atoms with van der Waals surface area (Å²) in [6.45, 7) is 0.478. The first-order valence-electron chi connectivity index (χ1n) is 8.42. The molecule has 2 N–H and O–H groups in total. The molecule has 1 aromatic heterocycles. The third kappa shape index (κ3) is 5.18. The van der Waals surface area contributed by atoms with Crippen LogP contribution in [0.4, 0.5) is 11.5 Å². The van der Waals surface area contributed by atoms with Gasteiger partial charge in [-0.2, -0.15) is 0 Å². The summed E-state index contributed by atoms with van der Waals surface area (Å²) >= 11 is 5.86. The van der Waals surface area contributed by atoms with E-state index in [9.17, 15) is 4.79 Å². The van der Waals surface area contributed by atoms with Gasteiger partial charge in [0.05, 0.1) is 7.11 Å². The van der Waals surface area contributed by atoms with Crippen molar-refractivity contribution in [2.75, 3.05) is 19.0 Å². The Kier molecular flexibility index (Phi) is 6.22. The Labute approximate surface area is 162 Å². The molecule has 138 valence electrons. The van der Waals surface area contributed by atoms with E-state index in [1.54, 1.807) is 31.4 Å². The topological polar surface area (TPSA) is 76.1 Å². The average molecular weight is 383 g/mol. The van der Waals surface area contributed by atoms with E-state index in [4.69, 9.17) is 16.3 Å². The molecule has 6 nitrogen and oxygen atoms in total. The molecule has 3 aromatic rings. The molecule has 0 bridgehead atoms. The lowest BCUT2D eigenvalue weighted by molar-refractivity contribution is 0.0948. The van der Waals surface area contributed by atoms with Gasteiger partial charge in [0.25, 0.3) is 5.91 Å². The number of ether oxygens (including phenoxy) is 1. The first-order chi connectivity index (χ1) is 13.2. The van der Waals surface area contributed by atoms with Gasteiger partial charge in [-0.1, -0.05) is 29.8 Å². The summed E-state index contributed by atoms with van der Waals surface area (Å²) in [6.07, 6.45) is 0.666. The van der Waals surface area contributed by atoms with E-state index in [1.165, 1.54) is 0 Å². The van der Waals surface area contributed by atoms with Gasteiger partial charge in [-0.15, -0.1) is 10.2 Å². The number of aromatic nitrogens is 2. The number of carbonyl (C=O) groups is 1. The molecule has 0 unspecified atom stereocenters. The second-order valence-electron chi connectivity index (χ2n) is 5.75. The van der Waals surface area contributed by atoms with Gasteiger partial charge >= 0.3 is 0 Å². The van der Waals surface area contributed by atoms with E-state index in [1.807, 2.05) is 36.4 Å². The minimum Gasteiger partial charge on any atom is -0.496 e. The summed E-state index contributed by atoms with van der Waals surface area (Å²) in [5.74, 6) is 1.09. The number of anilines is 2. The van der Waals surface area contributed by atoms with Crippen molar-refractivity contribution in [1.82, 2.24) is 15.5 Å². The van der Waals surface area contributed by atoms with E-state index < -0.39 is 0 Å². The molecule has 0 aliphatic heterocycles. The number of hydrogen-bond donors (Lipinski definition) is 2. The Balaban J connectivity index is 1.53. The number of hydrogen-bond acceptors (Lipinski definition) is 5. The molecule has 0 aliphatic carbocycles. The number of nitrogens with zero attached hydrogens (tertiary/aromatic N) is 2. The van der Waals surface area contributed by atoms with Crippen LogP contribution in [0.25, 0.3) is 0 Å². The van der Waals surface area contributed by atoms with Crippen molar-refractivity contribution in [3.05, 3.63) is 76.9 Å². The first-order valence-corrected chi connectivity index (χ1v) is 8.80. The minimum atomic E-state index is -0.268. The third-order valence-corrected chi connectivity index (χ3v) is 4.14. The fourth-order valence-electron chi connectivity index (χ4n) is 2.51. The lowest BCUT2D eigenvalue weighted by Gasteiger charge is -2.09. The standard InChI is InChI=1S/C20H19ClN4O2/c1-27-18-5-3-2-4-14(18)12-13-22-20(26)17-10-11-19(25-24-17)23-16-8-6-15(21)7-9-16/h2-11H,12-13H2,1H3,(H,22,26)(H,23,25). The van der Waals surface area contributed by atoms with Gasteiger partial charge in [-0.05, 0) is 54.4 Å². The summed E-state index contributed by atoms with van der Waals surface area (Å²) in [4.78, 5) is 12.2. The maximum atomic E-state index is 12.2. The van der Waals surface area contributed by atoms with Crippen molar-refractivity contribution < 1.29 is 9.53 Å². The molecule has 1 heterocycles. The van der Waals surface area contributed by atoms with Crippen LogP contribution in [0.5, 0.6) is 5.75 Å². The second kappa shape index (κ2) is 9.00. The molecular weight excluding hydrogens is 364 g/mol. The van der Waals surface area contributed by atoms with Crippen LogP contribution in [0.3, 0.4) is 0 Å². The van der Waals surface area contributed by atoms with Crippen molar-refractivity contribution in [3.8, 4) is 5.75 Å². The van der Waals surface area contributed by atoms with Crippen LogP contribution in [0.2, 0.25) is 5.02 Å². The maximum absolute atomic E-state index is 12.2. The smallest absolute Gasteiger partial charge is 0.271 e. The molecule has 0 atom stereocenters. The highest BCUT2D eigenvalue weighted by Gasteiger charge is 2.09. The van der Waals surface area contributed by atoms with Crippen molar-refractivity contribution in [3.63, 3.8) is 0 Å². The predicted octanol–water partition coefficient (Wildman–Crippen LogP) is 3.85. The van der Waals surface area contributed by atoms with Crippen LogP contribution in [0.15, 0.2) is 60.7 Å². The minimum absolute atomic E-state index is 0.261. The Morgan fingerprint density at radius 3 is 2.52 bits per heavy atom. The van der Waals surface area contributed by atoms with Crippen LogP contribution >= 0.6 is 11.6 Å². The van der Waals surface area contributed by atoms with Crippen molar-refractivity contribution in [2.45, 2.75) is 6.42 Å². The van der Waals surface area contributed by atoms with Gasteiger partial charge in [0, 0.05) is 17.3 Å². The van der Waals surface area contributed by atoms with Gasteiger partial charge in [-0.3, -0.25) is 4.79 Å². The molecule has 0 spiro atoms. The van der Waals surface area contributed by atoms with Gasteiger partial charge in [0.2, 0.25) is 0 Å². The highest BCUT2D eigenvalue weighted by atomic mass is 35.5. The van der Waals surface area contributed by atoms with Gasteiger partial charge < -0.3 is 15.4 Å².